The van der Waals surface area contributed by atoms with Gasteiger partial charge < -0.3 is 29.0 Å². The number of piperidine rings is 1. The van der Waals surface area contributed by atoms with Crippen LogP contribution in [-0.4, -0.2) is 67.7 Å². The minimum atomic E-state index is -0.597. The molecule has 3 aromatic carbocycles. The van der Waals surface area contributed by atoms with E-state index in [2.05, 4.69) is 34.1 Å². The van der Waals surface area contributed by atoms with Gasteiger partial charge in [0.1, 0.15) is 37.4 Å². The third-order valence-electron chi connectivity index (χ3n) is 7.93. The summed E-state index contributed by atoms with van der Waals surface area (Å²) in [6.07, 6.45) is 1.15. The molecule has 1 saturated heterocycles. The fourth-order valence-electron chi connectivity index (χ4n) is 5.72. The Hall–Kier alpha value is -4.27. The van der Waals surface area contributed by atoms with Crippen molar-refractivity contribution in [1.82, 2.24) is 9.88 Å². The smallest absolute Gasteiger partial charge is 0.251 e. The quantitative estimate of drug-likeness (QED) is 0.311. The first-order valence-corrected chi connectivity index (χ1v) is 14.4. The molecule has 2 N–H and O–H groups in total. The van der Waals surface area contributed by atoms with Crippen molar-refractivity contribution in [2.75, 3.05) is 46.6 Å². The van der Waals surface area contributed by atoms with E-state index in [0.29, 0.717) is 31.1 Å². The van der Waals surface area contributed by atoms with Crippen LogP contribution in [-0.2, 0) is 0 Å². The van der Waals surface area contributed by atoms with Crippen molar-refractivity contribution < 1.29 is 24.1 Å². The first-order valence-electron chi connectivity index (χ1n) is 14.4. The SMILES string of the molecule is COc1ccc(OCC(O)CN2CCC(=C(c3ccc4c(c3)OCCO4)c3ccc4[nH]c(=O)c(C)cc4c3)CC2)cc1. The highest BCUT2D eigenvalue weighted by molar-refractivity contribution is 5.89. The molecule has 0 bridgehead atoms. The molecule has 0 amide bonds. The van der Waals surface area contributed by atoms with Crippen LogP contribution in [0, 0.1) is 6.92 Å². The molecule has 8 nitrogen and oxygen atoms in total. The second-order valence-electron chi connectivity index (χ2n) is 10.9. The average molecular weight is 569 g/mol. The van der Waals surface area contributed by atoms with E-state index in [0.717, 1.165) is 65.2 Å². The minimum Gasteiger partial charge on any atom is -0.497 e. The fourth-order valence-corrected chi connectivity index (χ4v) is 5.72. The molecule has 218 valence electrons. The Bertz CT molecular complexity index is 1650. The van der Waals surface area contributed by atoms with Crippen LogP contribution in [0.15, 0.2) is 77.1 Å². The minimum absolute atomic E-state index is 0.0652. The normalized spacial score (nSPS) is 15.8. The fraction of sp³-hybridized carbons (Fsp3) is 0.324. The van der Waals surface area contributed by atoms with Crippen molar-refractivity contribution >= 4 is 16.5 Å². The van der Waals surface area contributed by atoms with Crippen LogP contribution in [0.4, 0.5) is 0 Å². The van der Waals surface area contributed by atoms with E-state index >= 15 is 0 Å². The number of aromatic nitrogens is 1. The first-order chi connectivity index (χ1) is 20.5. The maximum absolute atomic E-state index is 12.2. The summed E-state index contributed by atoms with van der Waals surface area (Å²) in [5.74, 6) is 3.00. The van der Waals surface area contributed by atoms with E-state index in [9.17, 15) is 9.90 Å². The Morgan fingerprint density at radius 1 is 0.929 bits per heavy atom. The summed E-state index contributed by atoms with van der Waals surface area (Å²) in [6.45, 7) is 5.36. The van der Waals surface area contributed by atoms with E-state index in [1.807, 2.05) is 49.4 Å². The highest BCUT2D eigenvalue weighted by Crippen LogP contribution is 2.38. The molecule has 0 saturated carbocycles. The summed E-state index contributed by atoms with van der Waals surface area (Å²) in [4.78, 5) is 17.4. The van der Waals surface area contributed by atoms with Gasteiger partial charge in [0.15, 0.2) is 11.5 Å². The van der Waals surface area contributed by atoms with Gasteiger partial charge in [-0.25, -0.2) is 0 Å². The summed E-state index contributed by atoms with van der Waals surface area (Å²) in [5, 5.41) is 11.7. The molecular formula is C34H36N2O6. The van der Waals surface area contributed by atoms with Crippen molar-refractivity contribution in [1.29, 1.82) is 0 Å². The van der Waals surface area contributed by atoms with Crippen molar-refractivity contribution in [3.8, 4) is 23.0 Å². The number of likely N-dealkylation sites (tertiary alicyclic amines) is 1. The first kappa shape index (κ1) is 27.9. The van der Waals surface area contributed by atoms with Crippen LogP contribution in [0.2, 0.25) is 0 Å². The van der Waals surface area contributed by atoms with Gasteiger partial charge in [0.25, 0.3) is 5.56 Å². The Kier molecular flexibility index (Phi) is 8.17. The second kappa shape index (κ2) is 12.3. The summed E-state index contributed by atoms with van der Waals surface area (Å²) in [7, 11) is 1.63. The Morgan fingerprint density at radius 2 is 1.62 bits per heavy atom. The van der Waals surface area contributed by atoms with Gasteiger partial charge >= 0.3 is 0 Å². The number of pyridine rings is 1. The number of hydrogen-bond acceptors (Lipinski definition) is 7. The van der Waals surface area contributed by atoms with Gasteiger partial charge in [-0.2, -0.15) is 0 Å². The Morgan fingerprint density at radius 3 is 2.38 bits per heavy atom. The van der Waals surface area contributed by atoms with Crippen LogP contribution < -0.4 is 24.5 Å². The lowest BCUT2D eigenvalue weighted by Gasteiger charge is -2.31. The van der Waals surface area contributed by atoms with Crippen LogP contribution in [0.3, 0.4) is 0 Å². The average Bonchev–Trinajstić information content (AvgIpc) is 3.02. The third-order valence-corrected chi connectivity index (χ3v) is 7.93. The molecule has 6 rings (SSSR count). The maximum atomic E-state index is 12.2. The summed E-state index contributed by atoms with van der Waals surface area (Å²) in [5.41, 5.74) is 6.16. The molecule has 1 aromatic heterocycles. The number of rotatable bonds is 8. The zero-order valence-electron chi connectivity index (χ0n) is 24.0. The molecule has 3 heterocycles. The summed E-state index contributed by atoms with van der Waals surface area (Å²) in [6, 6.07) is 21.7. The number of fused-ring (bicyclic) bond motifs is 2. The lowest BCUT2D eigenvalue weighted by Crippen LogP contribution is -2.39. The molecule has 42 heavy (non-hydrogen) atoms. The molecule has 1 fully saturated rings. The molecule has 0 aliphatic carbocycles. The predicted octanol–water partition coefficient (Wildman–Crippen LogP) is 4.95. The lowest BCUT2D eigenvalue weighted by molar-refractivity contribution is 0.0656. The number of β-amino-alcohol motifs (C(OH)–C–C–N with tert-alkyl or cyclic N) is 1. The van der Waals surface area contributed by atoms with Gasteiger partial charge in [-0.05, 0) is 96.4 Å². The monoisotopic (exact) mass is 568 g/mol. The molecule has 0 spiro atoms. The summed E-state index contributed by atoms with van der Waals surface area (Å²) < 4.78 is 22.7. The number of ether oxygens (including phenoxy) is 4. The topological polar surface area (TPSA) is 93.2 Å². The van der Waals surface area contributed by atoms with Crippen LogP contribution in [0.25, 0.3) is 16.5 Å². The second-order valence-corrected chi connectivity index (χ2v) is 10.9. The number of aliphatic hydroxyl groups is 1. The van der Waals surface area contributed by atoms with Crippen molar-refractivity contribution in [2.24, 2.45) is 0 Å². The van der Waals surface area contributed by atoms with Crippen LogP contribution >= 0.6 is 0 Å². The molecular weight excluding hydrogens is 532 g/mol. The van der Waals surface area contributed by atoms with Crippen molar-refractivity contribution in [3.63, 3.8) is 0 Å². The highest BCUT2D eigenvalue weighted by atomic mass is 16.6. The molecule has 2 aliphatic heterocycles. The van der Waals surface area contributed by atoms with E-state index < -0.39 is 6.10 Å². The number of hydrogen-bond donors (Lipinski definition) is 2. The van der Waals surface area contributed by atoms with E-state index in [1.54, 1.807) is 7.11 Å². The maximum Gasteiger partial charge on any atom is 0.251 e. The zero-order valence-corrected chi connectivity index (χ0v) is 24.0. The van der Waals surface area contributed by atoms with E-state index in [4.69, 9.17) is 18.9 Å². The molecule has 2 aliphatic rings. The Labute approximate surface area is 245 Å². The lowest BCUT2D eigenvalue weighted by atomic mass is 9.87. The number of nitrogens with zero attached hydrogens (tertiary/aromatic N) is 1. The Balaban J connectivity index is 1.22. The van der Waals surface area contributed by atoms with Gasteiger partial charge in [0, 0.05) is 30.7 Å². The van der Waals surface area contributed by atoms with Gasteiger partial charge in [0.05, 0.1) is 7.11 Å². The predicted molar refractivity (Wildman–Crippen MR) is 163 cm³/mol. The largest absolute Gasteiger partial charge is 0.497 e. The van der Waals surface area contributed by atoms with E-state index in [-0.39, 0.29) is 12.2 Å². The van der Waals surface area contributed by atoms with E-state index in [1.165, 1.54) is 11.1 Å². The van der Waals surface area contributed by atoms with Gasteiger partial charge in [0.2, 0.25) is 0 Å². The van der Waals surface area contributed by atoms with Crippen molar-refractivity contribution in [2.45, 2.75) is 25.9 Å². The van der Waals surface area contributed by atoms with Crippen molar-refractivity contribution in [3.05, 3.63) is 99.3 Å². The third kappa shape index (κ3) is 6.15. The summed E-state index contributed by atoms with van der Waals surface area (Å²) >= 11 is 0. The molecule has 4 aromatic rings. The number of methoxy groups -OCH3 is 1. The molecule has 8 heteroatoms. The standard InChI is InChI=1S/C34H36N2O6/c1-22-17-26-18-24(3-9-30(26)35-34(22)38)33(25-4-10-31-32(19-25)41-16-15-40-31)23-11-13-36(14-12-23)20-27(37)21-42-29-7-5-28(39-2)6-8-29/h3-10,17-19,27,37H,11-16,20-21H2,1-2H3,(H,35,38). The number of aliphatic hydroxyl groups excluding tert-OH is 1. The van der Waals surface area contributed by atoms with Crippen LogP contribution in [0.1, 0.15) is 29.5 Å². The van der Waals surface area contributed by atoms with Crippen LogP contribution in [0.5, 0.6) is 23.0 Å². The van der Waals surface area contributed by atoms with Gasteiger partial charge in [-0.15, -0.1) is 0 Å². The molecule has 1 unspecified atom stereocenters. The highest BCUT2D eigenvalue weighted by Gasteiger charge is 2.23. The number of benzene rings is 3. The number of H-pyrrole nitrogens is 1. The van der Waals surface area contributed by atoms with Gasteiger partial charge in [-0.3, -0.25) is 9.69 Å². The molecule has 1 atom stereocenters. The zero-order chi connectivity index (χ0) is 29.1. The number of aromatic amines is 1. The number of aryl methyl sites for hydroxylation is 1. The molecule has 0 radical (unpaired) electrons. The number of nitrogens with one attached hydrogen (secondary N) is 1. The van der Waals surface area contributed by atoms with Gasteiger partial charge in [-0.1, -0.05) is 17.7 Å².